The molecule has 1 heterocycles. The summed E-state index contributed by atoms with van der Waals surface area (Å²) in [6.45, 7) is 6.26. The molecule has 0 saturated carbocycles. The van der Waals surface area contributed by atoms with E-state index >= 15 is 0 Å². The van der Waals surface area contributed by atoms with E-state index in [4.69, 9.17) is 9.84 Å². The average molecular weight is 334 g/mol. The van der Waals surface area contributed by atoms with Gasteiger partial charge in [0, 0.05) is 25.7 Å². The van der Waals surface area contributed by atoms with Gasteiger partial charge >= 0.3 is 12.1 Å². The van der Waals surface area contributed by atoms with Gasteiger partial charge in [-0.25, -0.2) is 4.79 Å². The highest BCUT2D eigenvalue weighted by Crippen LogP contribution is 2.19. The van der Waals surface area contributed by atoms with Gasteiger partial charge < -0.3 is 14.7 Å². The molecule has 2 rings (SSSR count). The van der Waals surface area contributed by atoms with Gasteiger partial charge in [0.1, 0.15) is 6.61 Å². The maximum Gasteiger partial charge on any atom is 0.410 e. The molecule has 6 nitrogen and oxygen atoms in total. The van der Waals surface area contributed by atoms with Crippen LogP contribution in [0.1, 0.15) is 25.8 Å². The molecule has 0 spiro atoms. The zero-order valence-electron chi connectivity index (χ0n) is 14.4. The third-order valence-electron chi connectivity index (χ3n) is 4.31. The van der Waals surface area contributed by atoms with Crippen molar-refractivity contribution in [3.05, 3.63) is 35.9 Å². The van der Waals surface area contributed by atoms with Crippen LogP contribution in [0.25, 0.3) is 0 Å². The fourth-order valence-electron chi connectivity index (χ4n) is 2.92. The number of hydrogen-bond donors (Lipinski definition) is 1. The van der Waals surface area contributed by atoms with Crippen LogP contribution < -0.4 is 0 Å². The van der Waals surface area contributed by atoms with E-state index in [0.717, 1.165) is 12.0 Å². The fraction of sp³-hybridized carbons (Fsp3) is 0.556. The monoisotopic (exact) mass is 334 g/mol. The van der Waals surface area contributed by atoms with E-state index in [2.05, 4.69) is 0 Å². The Morgan fingerprint density at radius 1 is 1.33 bits per heavy atom. The molecule has 0 aromatic heterocycles. The number of hydrogen-bond acceptors (Lipinski definition) is 4. The molecule has 1 fully saturated rings. The van der Waals surface area contributed by atoms with Crippen molar-refractivity contribution in [2.24, 2.45) is 5.92 Å². The highest BCUT2D eigenvalue weighted by molar-refractivity contribution is 5.69. The van der Waals surface area contributed by atoms with Crippen LogP contribution in [0.4, 0.5) is 4.79 Å². The van der Waals surface area contributed by atoms with Gasteiger partial charge in [-0.3, -0.25) is 9.69 Å². The lowest BCUT2D eigenvalue weighted by Gasteiger charge is -2.27. The number of rotatable bonds is 7. The third-order valence-corrected chi connectivity index (χ3v) is 4.31. The van der Waals surface area contributed by atoms with Crippen LogP contribution >= 0.6 is 0 Å². The fourth-order valence-corrected chi connectivity index (χ4v) is 2.92. The first kappa shape index (κ1) is 18.3. The predicted molar refractivity (Wildman–Crippen MR) is 90.7 cm³/mol. The number of likely N-dealkylation sites (tertiary alicyclic amines) is 1. The first-order valence-corrected chi connectivity index (χ1v) is 8.37. The van der Waals surface area contributed by atoms with Crippen LogP contribution in [0, 0.1) is 5.92 Å². The second-order valence-electron chi connectivity index (χ2n) is 6.56. The molecule has 1 aliphatic rings. The summed E-state index contributed by atoms with van der Waals surface area (Å²) in [7, 11) is 0. The van der Waals surface area contributed by atoms with Crippen LogP contribution in [-0.4, -0.2) is 59.2 Å². The van der Waals surface area contributed by atoms with Crippen molar-refractivity contribution in [3.63, 3.8) is 0 Å². The van der Waals surface area contributed by atoms with Gasteiger partial charge in [0.2, 0.25) is 0 Å². The Kier molecular flexibility index (Phi) is 6.61. The lowest BCUT2D eigenvalue weighted by atomic mass is 10.1. The highest BCUT2D eigenvalue weighted by Gasteiger charge is 2.29. The third kappa shape index (κ3) is 5.53. The van der Waals surface area contributed by atoms with E-state index in [-0.39, 0.29) is 31.2 Å². The molecule has 1 aliphatic heterocycles. The van der Waals surface area contributed by atoms with Crippen molar-refractivity contribution in [2.75, 3.05) is 26.2 Å². The molecule has 6 heteroatoms. The Morgan fingerprint density at radius 2 is 2.04 bits per heavy atom. The molecule has 1 aromatic carbocycles. The number of amides is 1. The zero-order chi connectivity index (χ0) is 17.5. The summed E-state index contributed by atoms with van der Waals surface area (Å²) < 4.78 is 5.36. The van der Waals surface area contributed by atoms with Crippen LogP contribution in [-0.2, 0) is 16.1 Å². The minimum absolute atomic E-state index is 0.0343. The van der Waals surface area contributed by atoms with Gasteiger partial charge in [-0.15, -0.1) is 0 Å². The first-order valence-electron chi connectivity index (χ1n) is 8.37. The minimum atomic E-state index is -0.819. The number of benzene rings is 1. The van der Waals surface area contributed by atoms with Crippen LogP contribution in [0.5, 0.6) is 0 Å². The lowest BCUT2D eigenvalue weighted by Crippen LogP contribution is -2.40. The summed E-state index contributed by atoms with van der Waals surface area (Å²) >= 11 is 0. The standard InChI is InChI=1S/C18H26N2O4/c1-14(2)20(12-17(21)22)11-16-8-9-19(10-16)18(23)24-13-15-6-4-3-5-7-15/h3-7,14,16H,8-13H2,1-2H3,(H,21,22). The Bertz CT molecular complexity index is 547. The quantitative estimate of drug-likeness (QED) is 0.829. The average Bonchev–Trinajstić information content (AvgIpc) is 3.01. The summed E-state index contributed by atoms with van der Waals surface area (Å²) in [4.78, 5) is 26.8. The van der Waals surface area contributed by atoms with Crippen molar-refractivity contribution in [1.29, 1.82) is 0 Å². The highest BCUT2D eigenvalue weighted by atomic mass is 16.6. The molecule has 0 aliphatic carbocycles. The number of carboxylic acids is 1. The van der Waals surface area contributed by atoms with Crippen molar-refractivity contribution in [1.82, 2.24) is 9.80 Å². The zero-order valence-corrected chi connectivity index (χ0v) is 14.4. The van der Waals surface area contributed by atoms with Crippen LogP contribution in [0.2, 0.25) is 0 Å². The summed E-state index contributed by atoms with van der Waals surface area (Å²) in [5, 5.41) is 9.00. The Balaban J connectivity index is 1.79. The summed E-state index contributed by atoms with van der Waals surface area (Å²) in [6.07, 6.45) is 0.583. The van der Waals surface area contributed by atoms with Crippen LogP contribution in [0.3, 0.4) is 0 Å². The maximum atomic E-state index is 12.2. The van der Waals surface area contributed by atoms with E-state index in [9.17, 15) is 9.59 Å². The van der Waals surface area contributed by atoms with E-state index in [1.807, 2.05) is 49.1 Å². The van der Waals surface area contributed by atoms with E-state index in [1.165, 1.54) is 0 Å². The maximum absolute atomic E-state index is 12.2. The van der Waals surface area contributed by atoms with E-state index in [1.54, 1.807) is 4.90 Å². The van der Waals surface area contributed by atoms with Crippen molar-refractivity contribution < 1.29 is 19.4 Å². The molecule has 0 radical (unpaired) electrons. The van der Waals surface area contributed by atoms with Gasteiger partial charge in [0.25, 0.3) is 0 Å². The molecule has 1 aromatic rings. The van der Waals surface area contributed by atoms with Crippen molar-refractivity contribution in [2.45, 2.75) is 32.9 Å². The Hall–Kier alpha value is -2.08. The van der Waals surface area contributed by atoms with Gasteiger partial charge in [0.15, 0.2) is 0 Å². The molecular formula is C18H26N2O4. The van der Waals surface area contributed by atoms with Gasteiger partial charge in [-0.05, 0) is 31.7 Å². The van der Waals surface area contributed by atoms with Crippen LogP contribution in [0.15, 0.2) is 30.3 Å². The minimum Gasteiger partial charge on any atom is -0.480 e. The van der Waals surface area contributed by atoms with E-state index in [0.29, 0.717) is 19.6 Å². The summed E-state index contributed by atoms with van der Waals surface area (Å²) in [6, 6.07) is 9.77. The number of carbonyl (C=O) groups excluding carboxylic acids is 1. The molecular weight excluding hydrogens is 308 g/mol. The number of ether oxygens (including phenoxy) is 1. The molecule has 1 atom stereocenters. The number of carbonyl (C=O) groups is 2. The molecule has 132 valence electrons. The molecule has 1 unspecified atom stereocenters. The largest absolute Gasteiger partial charge is 0.480 e. The second kappa shape index (κ2) is 8.68. The second-order valence-corrected chi connectivity index (χ2v) is 6.56. The van der Waals surface area contributed by atoms with Gasteiger partial charge in [0.05, 0.1) is 6.54 Å². The normalized spacial score (nSPS) is 17.5. The van der Waals surface area contributed by atoms with E-state index < -0.39 is 5.97 Å². The summed E-state index contributed by atoms with van der Waals surface area (Å²) in [5.74, 6) is -0.531. The Morgan fingerprint density at radius 3 is 2.67 bits per heavy atom. The van der Waals surface area contributed by atoms with Crippen molar-refractivity contribution >= 4 is 12.1 Å². The SMILES string of the molecule is CC(C)N(CC(=O)O)CC1CCN(C(=O)OCc2ccccc2)C1. The summed E-state index contributed by atoms with van der Waals surface area (Å²) in [5.41, 5.74) is 0.967. The molecule has 24 heavy (non-hydrogen) atoms. The molecule has 0 bridgehead atoms. The molecule has 1 amide bonds. The lowest BCUT2D eigenvalue weighted by molar-refractivity contribution is -0.138. The predicted octanol–water partition coefficient (Wildman–Crippen LogP) is 2.44. The molecule has 1 saturated heterocycles. The molecule has 1 N–H and O–H groups in total. The number of carboxylic acid groups (broad SMARTS) is 1. The van der Waals surface area contributed by atoms with Gasteiger partial charge in [-0.1, -0.05) is 30.3 Å². The number of nitrogens with zero attached hydrogens (tertiary/aromatic N) is 2. The number of aliphatic carboxylic acids is 1. The van der Waals surface area contributed by atoms with Crippen molar-refractivity contribution in [3.8, 4) is 0 Å². The smallest absolute Gasteiger partial charge is 0.410 e. The Labute approximate surface area is 143 Å². The first-order chi connectivity index (χ1) is 11.5. The topological polar surface area (TPSA) is 70.1 Å². The van der Waals surface area contributed by atoms with Gasteiger partial charge in [-0.2, -0.15) is 0 Å².